The zero-order valence-electron chi connectivity index (χ0n) is 15.0. The predicted octanol–water partition coefficient (Wildman–Crippen LogP) is 2.94. The van der Waals surface area contributed by atoms with E-state index < -0.39 is 35.6 Å². The second kappa shape index (κ2) is 10.7. The molecule has 1 aromatic carbocycles. The Bertz CT molecular complexity index is 1070. The number of carbonyl (C=O) groups excluding carboxylic acids is 2. The summed E-state index contributed by atoms with van der Waals surface area (Å²) in [5, 5.41) is 10.8. The van der Waals surface area contributed by atoms with Crippen molar-refractivity contribution >= 4 is 69.7 Å². The molecular formula is C17H14Cl5N3O5. The third-order valence-corrected chi connectivity index (χ3v) is 6.28. The molecule has 0 aliphatic heterocycles. The summed E-state index contributed by atoms with van der Waals surface area (Å²) in [5.74, 6) is -1.33. The summed E-state index contributed by atoms with van der Waals surface area (Å²) in [6, 6.07) is -0.0619. The lowest BCUT2D eigenvalue weighted by Gasteiger charge is -2.19. The number of aromatic nitrogens is 2. The van der Waals surface area contributed by atoms with E-state index in [2.05, 4.69) is 10.3 Å². The third-order valence-electron chi connectivity index (χ3n) is 4.00. The summed E-state index contributed by atoms with van der Waals surface area (Å²) >= 11 is 30.1. The van der Waals surface area contributed by atoms with Crippen molar-refractivity contribution in [3.05, 3.63) is 63.8 Å². The van der Waals surface area contributed by atoms with E-state index in [-0.39, 0.29) is 50.1 Å². The highest BCUT2D eigenvalue weighted by molar-refractivity contribution is 6.56. The molecular weight excluding hydrogens is 503 g/mol. The number of Topliss-reactive ketones (excluding diaryl/α,β-unsaturated/α-hetero) is 1. The second-order valence-corrected chi connectivity index (χ2v) is 7.88. The minimum absolute atomic E-state index is 0.0540. The molecule has 8 nitrogen and oxygen atoms in total. The molecule has 1 unspecified atom stereocenters. The molecule has 0 aliphatic rings. The minimum atomic E-state index is -1.20. The Kier molecular flexibility index (Phi) is 8.78. The predicted molar refractivity (Wildman–Crippen MR) is 115 cm³/mol. The van der Waals surface area contributed by atoms with E-state index in [0.29, 0.717) is 0 Å². The number of ketones is 1. The Morgan fingerprint density at radius 3 is 2.13 bits per heavy atom. The number of nitrogens with zero attached hydrogens (tertiary/aromatic N) is 1. The van der Waals surface area contributed by atoms with Crippen LogP contribution in [0.1, 0.15) is 23.2 Å². The fourth-order valence-corrected chi connectivity index (χ4v) is 3.83. The Labute approximate surface area is 194 Å². The van der Waals surface area contributed by atoms with E-state index in [9.17, 15) is 24.3 Å². The number of aryl methyl sites for hydroxylation is 1. The first kappa shape index (κ1) is 24.7. The number of benzene rings is 1. The van der Waals surface area contributed by atoms with Crippen molar-refractivity contribution in [1.29, 1.82) is 0 Å². The molecule has 0 fully saturated rings. The molecule has 162 valence electrons. The number of aliphatic hydroxyl groups is 1. The van der Waals surface area contributed by atoms with Crippen LogP contribution in [0.3, 0.4) is 0 Å². The smallest absolute Gasteiger partial charge is 0.328 e. The number of rotatable bonds is 8. The standard InChI is InChI=1S/C17H14Cl5N3O5/c18-11-10(12(19)14(21)15(22)13(11)20)16(29)7(3-6-26)23-8(27)1-4-25-5-2-9(28)24-17(25)30/h2,5,7,26H,1,3-4,6H2,(H,23,27)(H,24,28,30). The number of aromatic amines is 1. The van der Waals surface area contributed by atoms with Gasteiger partial charge in [0.1, 0.15) is 0 Å². The topological polar surface area (TPSA) is 121 Å². The zero-order chi connectivity index (χ0) is 22.6. The summed E-state index contributed by atoms with van der Waals surface area (Å²) in [4.78, 5) is 50.0. The van der Waals surface area contributed by atoms with Gasteiger partial charge in [-0.1, -0.05) is 58.0 Å². The Morgan fingerprint density at radius 2 is 1.60 bits per heavy atom. The van der Waals surface area contributed by atoms with Gasteiger partial charge in [0.05, 0.1) is 36.7 Å². The first-order chi connectivity index (χ1) is 14.1. The van der Waals surface area contributed by atoms with E-state index in [1.54, 1.807) is 0 Å². The summed E-state index contributed by atoms with van der Waals surface area (Å²) in [7, 11) is 0. The number of halogens is 5. The van der Waals surface area contributed by atoms with Crippen LogP contribution in [0, 0.1) is 0 Å². The van der Waals surface area contributed by atoms with Gasteiger partial charge >= 0.3 is 5.69 Å². The Morgan fingerprint density at radius 1 is 1.03 bits per heavy atom. The normalized spacial score (nSPS) is 11.9. The number of hydrogen-bond acceptors (Lipinski definition) is 5. The lowest BCUT2D eigenvalue weighted by molar-refractivity contribution is -0.121. The molecule has 0 spiro atoms. The second-order valence-electron chi connectivity index (χ2n) is 6.00. The first-order valence-electron chi connectivity index (χ1n) is 8.34. The maximum atomic E-state index is 12.9. The van der Waals surface area contributed by atoms with Crippen molar-refractivity contribution in [1.82, 2.24) is 14.9 Å². The van der Waals surface area contributed by atoms with Gasteiger partial charge in [0, 0.05) is 31.8 Å². The van der Waals surface area contributed by atoms with Crippen LogP contribution in [0.15, 0.2) is 21.9 Å². The van der Waals surface area contributed by atoms with Crippen molar-refractivity contribution < 1.29 is 14.7 Å². The summed E-state index contributed by atoms with van der Waals surface area (Å²) < 4.78 is 1.12. The van der Waals surface area contributed by atoms with Crippen LogP contribution >= 0.6 is 58.0 Å². The van der Waals surface area contributed by atoms with Crippen molar-refractivity contribution in [2.75, 3.05) is 6.61 Å². The molecule has 1 amide bonds. The van der Waals surface area contributed by atoms with Gasteiger partial charge in [0.15, 0.2) is 5.78 Å². The average molecular weight is 518 g/mol. The lowest BCUT2D eigenvalue weighted by atomic mass is 10.0. The number of hydrogen-bond donors (Lipinski definition) is 3. The molecule has 2 aromatic rings. The van der Waals surface area contributed by atoms with E-state index in [4.69, 9.17) is 58.0 Å². The minimum Gasteiger partial charge on any atom is -0.396 e. The third kappa shape index (κ3) is 5.57. The highest BCUT2D eigenvalue weighted by Crippen LogP contribution is 2.44. The van der Waals surface area contributed by atoms with E-state index in [0.717, 1.165) is 10.6 Å². The number of aliphatic hydroxyl groups excluding tert-OH is 1. The summed E-state index contributed by atoms with van der Waals surface area (Å²) in [6.07, 6.45) is 0.903. The van der Waals surface area contributed by atoms with E-state index in [1.165, 1.54) is 6.20 Å². The van der Waals surface area contributed by atoms with Crippen molar-refractivity contribution in [3.8, 4) is 0 Å². The molecule has 1 heterocycles. The van der Waals surface area contributed by atoms with Crippen LogP contribution in [0.25, 0.3) is 0 Å². The summed E-state index contributed by atoms with van der Waals surface area (Å²) in [5.41, 5.74) is -1.49. The molecule has 0 saturated heterocycles. The Balaban J connectivity index is 2.21. The molecule has 0 radical (unpaired) electrons. The molecule has 2 rings (SSSR count). The number of carbonyl (C=O) groups is 2. The van der Waals surface area contributed by atoms with E-state index >= 15 is 0 Å². The maximum Gasteiger partial charge on any atom is 0.328 e. The van der Waals surface area contributed by atoms with Crippen LogP contribution in [0.5, 0.6) is 0 Å². The van der Waals surface area contributed by atoms with Crippen molar-refractivity contribution in [2.24, 2.45) is 0 Å². The quantitative estimate of drug-likeness (QED) is 0.282. The van der Waals surface area contributed by atoms with Gasteiger partial charge in [-0.25, -0.2) is 4.79 Å². The number of nitrogens with one attached hydrogen (secondary N) is 2. The molecule has 1 atom stereocenters. The highest BCUT2D eigenvalue weighted by atomic mass is 35.5. The van der Waals surface area contributed by atoms with Gasteiger partial charge < -0.3 is 15.0 Å². The van der Waals surface area contributed by atoms with Crippen LogP contribution in [-0.4, -0.2) is 39.0 Å². The van der Waals surface area contributed by atoms with Gasteiger partial charge in [0.2, 0.25) is 5.91 Å². The molecule has 3 N–H and O–H groups in total. The van der Waals surface area contributed by atoms with Crippen LogP contribution in [-0.2, 0) is 11.3 Å². The van der Waals surface area contributed by atoms with Crippen LogP contribution in [0.2, 0.25) is 25.1 Å². The molecule has 30 heavy (non-hydrogen) atoms. The lowest BCUT2D eigenvalue weighted by Crippen LogP contribution is -2.42. The fourth-order valence-electron chi connectivity index (χ4n) is 2.50. The monoisotopic (exact) mass is 515 g/mol. The van der Waals surface area contributed by atoms with Gasteiger partial charge in [-0.15, -0.1) is 0 Å². The molecule has 0 saturated carbocycles. The largest absolute Gasteiger partial charge is 0.396 e. The van der Waals surface area contributed by atoms with Gasteiger partial charge in [-0.05, 0) is 6.42 Å². The fraction of sp³-hybridized carbons (Fsp3) is 0.294. The molecule has 1 aromatic heterocycles. The number of amides is 1. The summed E-state index contributed by atoms with van der Waals surface area (Å²) in [6.45, 7) is -0.484. The first-order valence-corrected chi connectivity index (χ1v) is 10.2. The maximum absolute atomic E-state index is 12.9. The van der Waals surface area contributed by atoms with Crippen LogP contribution < -0.4 is 16.6 Å². The van der Waals surface area contributed by atoms with Gasteiger partial charge in [-0.3, -0.25) is 19.4 Å². The highest BCUT2D eigenvalue weighted by Gasteiger charge is 2.29. The molecule has 0 aliphatic carbocycles. The average Bonchev–Trinajstić information content (AvgIpc) is 2.70. The zero-order valence-corrected chi connectivity index (χ0v) is 18.8. The number of H-pyrrole nitrogens is 1. The van der Waals surface area contributed by atoms with Gasteiger partial charge in [-0.2, -0.15) is 0 Å². The van der Waals surface area contributed by atoms with Gasteiger partial charge in [0.25, 0.3) is 5.56 Å². The molecule has 13 heteroatoms. The van der Waals surface area contributed by atoms with Crippen LogP contribution in [0.4, 0.5) is 0 Å². The van der Waals surface area contributed by atoms with Crippen molar-refractivity contribution in [2.45, 2.75) is 25.4 Å². The van der Waals surface area contributed by atoms with E-state index in [1.807, 2.05) is 0 Å². The molecule has 0 bridgehead atoms. The SMILES string of the molecule is O=C(CCn1ccc(=O)[nH]c1=O)NC(CCO)C(=O)c1c(Cl)c(Cl)c(Cl)c(Cl)c1Cl. The Hall–Kier alpha value is -1.55. The van der Waals surface area contributed by atoms with Crippen molar-refractivity contribution in [3.63, 3.8) is 0 Å².